The van der Waals surface area contributed by atoms with Crippen LogP contribution in [0.1, 0.15) is 12.5 Å². The van der Waals surface area contributed by atoms with E-state index in [0.29, 0.717) is 17.1 Å². The van der Waals surface area contributed by atoms with Crippen LogP contribution in [0.15, 0.2) is 47.4 Å². The van der Waals surface area contributed by atoms with Crippen LogP contribution in [0.3, 0.4) is 0 Å². The molecule has 3 aromatic rings. The molecule has 0 fully saturated rings. The molecule has 25 heavy (non-hydrogen) atoms. The number of nitriles is 1. The molecular formula is C18H16ClN3O2S. The van der Waals surface area contributed by atoms with Crippen LogP contribution in [-0.2, 0) is 16.6 Å². The quantitative estimate of drug-likeness (QED) is 0.756. The molecule has 0 aliphatic rings. The summed E-state index contributed by atoms with van der Waals surface area (Å²) in [4.78, 5) is 0.180. The summed E-state index contributed by atoms with van der Waals surface area (Å²) in [6, 6.07) is 14.2. The Kier molecular flexibility index (Phi) is 4.56. The number of benzene rings is 2. The average Bonchev–Trinajstić information content (AvgIpc) is 2.94. The Balaban J connectivity index is 2.27. The Morgan fingerprint density at radius 3 is 2.44 bits per heavy atom. The van der Waals surface area contributed by atoms with Crippen molar-refractivity contribution in [3.05, 3.63) is 53.1 Å². The second-order valence-corrected chi connectivity index (χ2v) is 7.80. The van der Waals surface area contributed by atoms with Crippen LogP contribution in [0.25, 0.3) is 22.2 Å². The van der Waals surface area contributed by atoms with Crippen molar-refractivity contribution in [2.45, 2.75) is 18.4 Å². The van der Waals surface area contributed by atoms with E-state index in [1.165, 1.54) is 19.2 Å². The predicted molar refractivity (Wildman–Crippen MR) is 99.0 cm³/mol. The van der Waals surface area contributed by atoms with Crippen molar-refractivity contribution in [1.82, 2.24) is 9.29 Å². The average molecular weight is 374 g/mol. The lowest BCUT2D eigenvalue weighted by atomic mass is 10.1. The molecule has 0 spiro atoms. The molecule has 7 heteroatoms. The van der Waals surface area contributed by atoms with Crippen molar-refractivity contribution in [2.24, 2.45) is 0 Å². The number of aryl methyl sites for hydroxylation is 1. The first kappa shape index (κ1) is 17.5. The van der Waals surface area contributed by atoms with E-state index >= 15 is 0 Å². The maximum Gasteiger partial charge on any atom is 0.240 e. The Morgan fingerprint density at radius 2 is 1.88 bits per heavy atom. The largest absolute Gasteiger partial charge is 0.340 e. The lowest BCUT2D eigenvalue weighted by Gasteiger charge is -2.09. The molecule has 0 amide bonds. The molecule has 128 valence electrons. The normalized spacial score (nSPS) is 11.6. The van der Waals surface area contributed by atoms with Gasteiger partial charge in [-0.2, -0.15) is 5.26 Å². The summed E-state index contributed by atoms with van der Waals surface area (Å²) in [5.41, 5.74) is 2.99. The Bertz CT molecular complexity index is 1090. The Hall–Kier alpha value is -2.33. The van der Waals surface area contributed by atoms with Gasteiger partial charge in [0.1, 0.15) is 6.07 Å². The molecule has 0 aliphatic carbocycles. The number of fused-ring (bicyclic) bond motifs is 1. The number of aromatic nitrogens is 1. The molecule has 2 aromatic carbocycles. The molecule has 1 heterocycles. The van der Waals surface area contributed by atoms with Gasteiger partial charge in [-0.15, -0.1) is 0 Å². The minimum absolute atomic E-state index is 0.180. The van der Waals surface area contributed by atoms with Crippen molar-refractivity contribution in [1.29, 1.82) is 5.26 Å². The third-order valence-corrected chi connectivity index (χ3v) is 5.83. The van der Waals surface area contributed by atoms with Gasteiger partial charge in [0.25, 0.3) is 0 Å². The SMILES string of the molecule is CCn1c(-c2ccc(S(=O)(=O)NC)cc2)c(C#N)c2cc(Cl)ccc21. The topological polar surface area (TPSA) is 74.9 Å². The fourth-order valence-corrected chi connectivity index (χ4v) is 3.88. The van der Waals surface area contributed by atoms with Crippen LogP contribution in [0.5, 0.6) is 0 Å². The van der Waals surface area contributed by atoms with Gasteiger partial charge in [0.15, 0.2) is 0 Å². The molecule has 0 bridgehead atoms. The maximum absolute atomic E-state index is 11.9. The minimum atomic E-state index is -3.50. The summed E-state index contributed by atoms with van der Waals surface area (Å²) in [6.45, 7) is 2.67. The molecule has 0 aliphatic heterocycles. The highest BCUT2D eigenvalue weighted by Crippen LogP contribution is 2.35. The Morgan fingerprint density at radius 1 is 1.20 bits per heavy atom. The fourth-order valence-electron chi connectivity index (χ4n) is 2.98. The van der Waals surface area contributed by atoms with Gasteiger partial charge in [0.05, 0.1) is 16.2 Å². The summed E-state index contributed by atoms with van der Waals surface area (Å²) < 4.78 is 28.1. The molecule has 3 rings (SSSR count). The zero-order valence-electron chi connectivity index (χ0n) is 13.7. The summed E-state index contributed by atoms with van der Waals surface area (Å²) in [5.74, 6) is 0. The molecule has 0 saturated carbocycles. The number of rotatable bonds is 4. The lowest BCUT2D eigenvalue weighted by Crippen LogP contribution is -2.18. The lowest BCUT2D eigenvalue weighted by molar-refractivity contribution is 0.588. The van der Waals surface area contributed by atoms with Crippen molar-refractivity contribution < 1.29 is 8.42 Å². The van der Waals surface area contributed by atoms with E-state index < -0.39 is 10.0 Å². The summed E-state index contributed by atoms with van der Waals surface area (Å²) in [5, 5.41) is 11.0. The van der Waals surface area contributed by atoms with E-state index in [1.54, 1.807) is 24.3 Å². The first-order valence-electron chi connectivity index (χ1n) is 7.68. The molecular weight excluding hydrogens is 358 g/mol. The van der Waals surface area contributed by atoms with Crippen LogP contribution in [-0.4, -0.2) is 20.0 Å². The van der Waals surface area contributed by atoms with E-state index in [2.05, 4.69) is 10.8 Å². The highest BCUT2D eigenvalue weighted by molar-refractivity contribution is 7.89. The van der Waals surface area contributed by atoms with Gasteiger partial charge in [-0.3, -0.25) is 0 Å². The van der Waals surface area contributed by atoms with Crippen molar-refractivity contribution in [3.8, 4) is 17.3 Å². The number of hydrogen-bond donors (Lipinski definition) is 1. The zero-order chi connectivity index (χ0) is 18.2. The first-order valence-corrected chi connectivity index (χ1v) is 9.55. The smallest absolute Gasteiger partial charge is 0.240 e. The van der Waals surface area contributed by atoms with Gasteiger partial charge >= 0.3 is 0 Å². The molecule has 1 N–H and O–H groups in total. The standard InChI is InChI=1S/C18H16ClN3O2S/c1-3-22-17-9-6-13(19)10-15(17)16(11-20)18(22)12-4-7-14(8-5-12)25(23,24)21-2/h4-10,21H,3H2,1-2H3. The first-order chi connectivity index (χ1) is 11.9. The van der Waals surface area contributed by atoms with Crippen LogP contribution < -0.4 is 4.72 Å². The van der Waals surface area contributed by atoms with Crippen LogP contribution in [0, 0.1) is 11.3 Å². The third kappa shape index (κ3) is 2.91. The molecule has 0 atom stereocenters. The second kappa shape index (κ2) is 6.52. The van der Waals surface area contributed by atoms with Crippen LogP contribution >= 0.6 is 11.6 Å². The predicted octanol–water partition coefficient (Wildman–Crippen LogP) is 3.76. The molecule has 0 unspecified atom stereocenters. The third-order valence-electron chi connectivity index (χ3n) is 4.16. The van der Waals surface area contributed by atoms with E-state index in [0.717, 1.165) is 22.2 Å². The fraction of sp³-hybridized carbons (Fsp3) is 0.167. The second-order valence-electron chi connectivity index (χ2n) is 5.47. The van der Waals surface area contributed by atoms with Gasteiger partial charge in [0.2, 0.25) is 10.0 Å². The van der Waals surface area contributed by atoms with Gasteiger partial charge in [0, 0.05) is 22.5 Å². The van der Waals surface area contributed by atoms with E-state index in [1.807, 2.05) is 17.6 Å². The molecule has 5 nitrogen and oxygen atoms in total. The van der Waals surface area contributed by atoms with Crippen LogP contribution in [0.2, 0.25) is 5.02 Å². The van der Waals surface area contributed by atoms with Crippen molar-refractivity contribution in [2.75, 3.05) is 7.05 Å². The van der Waals surface area contributed by atoms with E-state index in [4.69, 9.17) is 11.6 Å². The monoisotopic (exact) mass is 373 g/mol. The van der Waals surface area contributed by atoms with Gasteiger partial charge in [-0.25, -0.2) is 13.1 Å². The number of hydrogen-bond acceptors (Lipinski definition) is 3. The maximum atomic E-state index is 11.9. The highest BCUT2D eigenvalue weighted by Gasteiger charge is 2.19. The van der Waals surface area contributed by atoms with Gasteiger partial charge in [-0.05, 0) is 49.9 Å². The van der Waals surface area contributed by atoms with E-state index in [-0.39, 0.29) is 4.90 Å². The number of nitrogens with zero attached hydrogens (tertiary/aromatic N) is 2. The highest BCUT2D eigenvalue weighted by atomic mass is 35.5. The van der Waals surface area contributed by atoms with Crippen LogP contribution in [0.4, 0.5) is 0 Å². The molecule has 0 saturated heterocycles. The van der Waals surface area contributed by atoms with Gasteiger partial charge in [-0.1, -0.05) is 23.7 Å². The van der Waals surface area contributed by atoms with Crippen molar-refractivity contribution in [3.63, 3.8) is 0 Å². The number of nitrogens with one attached hydrogen (secondary N) is 1. The van der Waals surface area contributed by atoms with Crippen molar-refractivity contribution >= 4 is 32.5 Å². The van der Waals surface area contributed by atoms with E-state index in [9.17, 15) is 13.7 Å². The van der Waals surface area contributed by atoms with Gasteiger partial charge < -0.3 is 4.57 Å². The summed E-state index contributed by atoms with van der Waals surface area (Å²) in [6.07, 6.45) is 0. The minimum Gasteiger partial charge on any atom is -0.340 e. The number of sulfonamides is 1. The summed E-state index contributed by atoms with van der Waals surface area (Å²) in [7, 11) is -2.13. The molecule has 0 radical (unpaired) electrons. The summed E-state index contributed by atoms with van der Waals surface area (Å²) >= 11 is 6.09. The number of halogens is 1. The Labute approximate surface area is 151 Å². The molecule has 1 aromatic heterocycles. The zero-order valence-corrected chi connectivity index (χ0v) is 15.3.